The minimum absolute atomic E-state index is 0.0992. The number of nitrogens with one attached hydrogen (secondary N) is 1. The first-order chi connectivity index (χ1) is 15.4. The zero-order chi connectivity index (χ0) is 22.7. The van der Waals surface area contributed by atoms with Gasteiger partial charge in [-0.05, 0) is 56.7 Å². The van der Waals surface area contributed by atoms with Gasteiger partial charge in [-0.3, -0.25) is 9.48 Å². The van der Waals surface area contributed by atoms with Crippen LogP contribution in [0.3, 0.4) is 0 Å². The number of rotatable bonds is 7. The predicted molar refractivity (Wildman–Crippen MR) is 124 cm³/mol. The van der Waals surface area contributed by atoms with Crippen LogP contribution in [-0.2, 0) is 13.3 Å². The molecule has 0 saturated carbocycles. The van der Waals surface area contributed by atoms with Crippen LogP contribution in [0.25, 0.3) is 0 Å². The number of ether oxygens (including phenoxy) is 1. The van der Waals surface area contributed by atoms with Gasteiger partial charge in [-0.1, -0.05) is 41.4 Å². The van der Waals surface area contributed by atoms with E-state index < -0.39 is 0 Å². The molecule has 2 aromatic heterocycles. The molecule has 2 aromatic carbocycles. The van der Waals surface area contributed by atoms with Crippen molar-refractivity contribution in [2.45, 2.75) is 34.0 Å². The molecular weight excluding hydrogens is 426 g/mol. The van der Waals surface area contributed by atoms with E-state index >= 15 is 0 Å². The Morgan fingerprint density at radius 1 is 1.06 bits per heavy atom. The summed E-state index contributed by atoms with van der Waals surface area (Å²) in [5.41, 5.74) is 5.10. The summed E-state index contributed by atoms with van der Waals surface area (Å²) in [6.45, 7) is 6.64. The second kappa shape index (κ2) is 9.28. The van der Waals surface area contributed by atoms with Crippen LogP contribution in [-0.4, -0.2) is 25.5 Å². The first kappa shape index (κ1) is 21.6. The van der Waals surface area contributed by atoms with Crippen molar-refractivity contribution < 1.29 is 9.53 Å². The molecule has 0 unspecified atom stereocenters. The van der Waals surface area contributed by atoms with Gasteiger partial charge < -0.3 is 10.1 Å². The third kappa shape index (κ3) is 4.84. The smallest absolute Gasteiger partial charge is 0.274 e. The van der Waals surface area contributed by atoms with Gasteiger partial charge in [-0.2, -0.15) is 10.2 Å². The fourth-order valence-electron chi connectivity index (χ4n) is 3.49. The highest BCUT2D eigenvalue weighted by Gasteiger charge is 2.18. The Balaban J connectivity index is 1.47. The van der Waals surface area contributed by atoms with Crippen LogP contribution in [0.5, 0.6) is 5.75 Å². The number of hydrogen-bond acceptors (Lipinski definition) is 4. The number of carbonyl (C=O) groups is 1. The quantitative estimate of drug-likeness (QED) is 0.431. The van der Waals surface area contributed by atoms with E-state index in [-0.39, 0.29) is 12.6 Å². The topological polar surface area (TPSA) is 74.0 Å². The molecule has 2 heterocycles. The monoisotopic (exact) mass is 449 g/mol. The van der Waals surface area contributed by atoms with Crippen LogP contribution in [0.1, 0.15) is 33.0 Å². The van der Waals surface area contributed by atoms with Crippen molar-refractivity contribution in [1.82, 2.24) is 19.6 Å². The molecule has 1 amide bonds. The number of amides is 1. The summed E-state index contributed by atoms with van der Waals surface area (Å²) in [7, 11) is 0. The summed E-state index contributed by atoms with van der Waals surface area (Å²) in [5, 5.41) is 12.4. The first-order valence-electron chi connectivity index (χ1n) is 10.2. The summed E-state index contributed by atoms with van der Waals surface area (Å²) in [5.74, 6) is 0.365. The molecule has 0 aliphatic heterocycles. The maximum atomic E-state index is 13.0. The van der Waals surface area contributed by atoms with Crippen LogP contribution in [0.2, 0.25) is 5.02 Å². The fourth-order valence-corrected chi connectivity index (χ4v) is 3.61. The van der Waals surface area contributed by atoms with Crippen molar-refractivity contribution in [3.8, 4) is 5.75 Å². The number of aromatic nitrogens is 4. The Morgan fingerprint density at radius 3 is 2.59 bits per heavy atom. The predicted octanol–water partition coefficient (Wildman–Crippen LogP) is 5.00. The summed E-state index contributed by atoms with van der Waals surface area (Å²) in [6.07, 6.45) is 1.57. The van der Waals surface area contributed by atoms with Gasteiger partial charge in [0.15, 0.2) is 6.73 Å². The van der Waals surface area contributed by atoms with Crippen LogP contribution >= 0.6 is 11.6 Å². The van der Waals surface area contributed by atoms with Gasteiger partial charge in [0.2, 0.25) is 0 Å². The Bertz CT molecular complexity index is 1240. The average Bonchev–Trinajstić information content (AvgIpc) is 3.34. The van der Waals surface area contributed by atoms with Crippen molar-refractivity contribution in [2.24, 2.45) is 0 Å². The lowest BCUT2D eigenvalue weighted by Gasteiger charge is -2.11. The summed E-state index contributed by atoms with van der Waals surface area (Å²) in [4.78, 5) is 13.0. The van der Waals surface area contributed by atoms with Gasteiger partial charge in [0.05, 0.1) is 23.6 Å². The number of halogens is 1. The Labute approximate surface area is 191 Å². The van der Waals surface area contributed by atoms with Gasteiger partial charge in [-0.25, -0.2) is 4.68 Å². The second-order valence-electron chi connectivity index (χ2n) is 7.59. The summed E-state index contributed by atoms with van der Waals surface area (Å²) in [6, 6.07) is 17.0. The third-order valence-electron chi connectivity index (χ3n) is 5.15. The van der Waals surface area contributed by atoms with Gasteiger partial charge in [0.1, 0.15) is 11.4 Å². The zero-order valence-corrected chi connectivity index (χ0v) is 18.9. The fraction of sp³-hybridized carbons (Fsp3) is 0.208. The number of nitrogens with zero attached hydrogens (tertiary/aromatic N) is 4. The second-order valence-corrected chi connectivity index (χ2v) is 8.03. The van der Waals surface area contributed by atoms with E-state index in [4.69, 9.17) is 16.3 Å². The first-order valence-corrected chi connectivity index (χ1v) is 10.6. The minimum atomic E-state index is -0.275. The summed E-state index contributed by atoms with van der Waals surface area (Å²) < 4.78 is 9.13. The van der Waals surface area contributed by atoms with Crippen molar-refractivity contribution in [1.29, 1.82) is 0 Å². The molecule has 0 bridgehead atoms. The normalized spacial score (nSPS) is 10.9. The maximum absolute atomic E-state index is 13.0. The van der Waals surface area contributed by atoms with E-state index in [1.54, 1.807) is 36.5 Å². The average molecular weight is 450 g/mol. The molecule has 32 heavy (non-hydrogen) atoms. The van der Waals surface area contributed by atoms with E-state index in [9.17, 15) is 4.79 Å². The van der Waals surface area contributed by atoms with Crippen LogP contribution in [0.4, 0.5) is 5.69 Å². The van der Waals surface area contributed by atoms with Crippen LogP contribution in [0, 0.1) is 20.8 Å². The van der Waals surface area contributed by atoms with E-state index in [2.05, 4.69) is 40.6 Å². The maximum Gasteiger partial charge on any atom is 0.274 e. The highest BCUT2D eigenvalue weighted by atomic mass is 35.5. The number of aryl methyl sites for hydroxylation is 2. The van der Waals surface area contributed by atoms with E-state index in [0.29, 0.717) is 28.7 Å². The zero-order valence-electron chi connectivity index (χ0n) is 18.2. The number of carbonyl (C=O) groups excluding carboxylic acids is 1. The van der Waals surface area contributed by atoms with Crippen molar-refractivity contribution in [3.63, 3.8) is 0 Å². The van der Waals surface area contributed by atoms with E-state index in [1.807, 2.05) is 24.6 Å². The molecule has 8 heteroatoms. The lowest BCUT2D eigenvalue weighted by molar-refractivity contribution is 0.100. The Kier molecular flexibility index (Phi) is 6.28. The molecule has 0 saturated heterocycles. The summed E-state index contributed by atoms with van der Waals surface area (Å²) >= 11 is 5.90. The SMILES string of the molecule is Cc1cccc(Cn2nc(C)c(NC(=O)c3ccnn3COc3ccc(Cl)cc3)c2C)c1. The van der Waals surface area contributed by atoms with Crippen LogP contribution < -0.4 is 10.1 Å². The minimum Gasteiger partial charge on any atom is -0.471 e. The van der Waals surface area contributed by atoms with Gasteiger partial charge in [-0.15, -0.1) is 0 Å². The number of anilines is 1. The van der Waals surface area contributed by atoms with Gasteiger partial charge in [0.25, 0.3) is 5.91 Å². The number of benzene rings is 2. The molecule has 4 aromatic rings. The highest BCUT2D eigenvalue weighted by Crippen LogP contribution is 2.22. The van der Waals surface area contributed by atoms with E-state index in [0.717, 1.165) is 17.0 Å². The lowest BCUT2D eigenvalue weighted by atomic mass is 10.1. The van der Waals surface area contributed by atoms with Crippen LogP contribution in [0.15, 0.2) is 60.8 Å². The Hall–Kier alpha value is -3.58. The molecule has 1 N–H and O–H groups in total. The van der Waals surface area contributed by atoms with Crippen molar-refractivity contribution in [3.05, 3.63) is 94.0 Å². The number of hydrogen-bond donors (Lipinski definition) is 1. The molecule has 0 spiro atoms. The molecule has 0 atom stereocenters. The van der Waals surface area contributed by atoms with Crippen molar-refractivity contribution >= 4 is 23.2 Å². The molecule has 7 nitrogen and oxygen atoms in total. The molecule has 164 valence electrons. The van der Waals surface area contributed by atoms with Crippen molar-refractivity contribution in [2.75, 3.05) is 5.32 Å². The molecule has 0 fully saturated rings. The standard InChI is InChI=1S/C24H24ClN5O2/c1-16-5-4-6-19(13-16)14-29-18(3)23(17(2)28-29)27-24(31)22-11-12-26-30(22)15-32-21-9-7-20(25)8-10-21/h4-13H,14-15H2,1-3H3,(H,27,31). The lowest BCUT2D eigenvalue weighted by Crippen LogP contribution is -2.20. The molecule has 0 aliphatic rings. The Morgan fingerprint density at radius 2 is 1.84 bits per heavy atom. The van der Waals surface area contributed by atoms with Gasteiger partial charge >= 0.3 is 0 Å². The molecular formula is C24H24ClN5O2. The highest BCUT2D eigenvalue weighted by molar-refractivity contribution is 6.30. The molecule has 0 aliphatic carbocycles. The third-order valence-corrected chi connectivity index (χ3v) is 5.40. The largest absolute Gasteiger partial charge is 0.471 e. The van der Waals surface area contributed by atoms with Gasteiger partial charge in [0, 0.05) is 11.2 Å². The molecule has 4 rings (SSSR count). The molecule has 0 radical (unpaired) electrons. The van der Waals surface area contributed by atoms with E-state index in [1.165, 1.54) is 10.2 Å².